The lowest BCUT2D eigenvalue weighted by Crippen LogP contribution is -2.49. The number of hydrogen-bond acceptors (Lipinski definition) is 10. The number of aromatic nitrogens is 6. The van der Waals surface area contributed by atoms with E-state index in [0.717, 1.165) is 17.0 Å². The Morgan fingerprint density at radius 1 is 1.06 bits per heavy atom. The molecule has 5 rings (SSSR count). The number of nitrogens with zero attached hydrogens (tertiary/aromatic N) is 8. The molecule has 4 aromatic heterocycles. The number of imidazole rings is 1. The van der Waals surface area contributed by atoms with Crippen molar-refractivity contribution in [3.63, 3.8) is 0 Å². The maximum Gasteiger partial charge on any atom is 0.416 e. The van der Waals surface area contributed by atoms with Gasteiger partial charge in [-0.2, -0.15) is 9.61 Å². The van der Waals surface area contributed by atoms with E-state index in [0.29, 0.717) is 48.3 Å². The molecule has 4 aromatic rings. The van der Waals surface area contributed by atoms with Gasteiger partial charge in [-0.1, -0.05) is 13.8 Å². The van der Waals surface area contributed by atoms with Gasteiger partial charge in [-0.25, -0.2) is 24.5 Å². The molecule has 2 amide bonds. The summed E-state index contributed by atoms with van der Waals surface area (Å²) in [6.45, 7) is 20.1. The topological polar surface area (TPSA) is 152 Å². The molecule has 14 nitrogen and oxygen atoms in total. The molecule has 0 bridgehead atoms. The maximum atomic E-state index is 13.9. The van der Waals surface area contributed by atoms with Crippen LogP contribution in [0.2, 0.25) is 0 Å². The van der Waals surface area contributed by atoms with Gasteiger partial charge in [0.25, 0.3) is 0 Å². The Morgan fingerprint density at radius 2 is 1.77 bits per heavy atom. The number of ether oxygens (including phenoxy) is 2. The number of β-amino-alcohol motifs (C(OH)–C–C–N with tert-alkyl or cyclic N) is 1. The van der Waals surface area contributed by atoms with E-state index in [1.54, 1.807) is 21.7 Å². The fourth-order valence-electron chi connectivity index (χ4n) is 5.71. The van der Waals surface area contributed by atoms with Crippen molar-refractivity contribution >= 4 is 35.2 Å². The highest BCUT2D eigenvalue weighted by molar-refractivity contribution is 5.88. The number of hydrogen-bond donors (Lipinski definition) is 2. The van der Waals surface area contributed by atoms with Crippen molar-refractivity contribution < 1.29 is 24.2 Å². The van der Waals surface area contributed by atoms with Gasteiger partial charge in [0.15, 0.2) is 5.65 Å². The lowest BCUT2D eigenvalue weighted by molar-refractivity contribution is -0.0104. The average molecular weight is 664 g/mol. The first-order valence-corrected chi connectivity index (χ1v) is 16.5. The minimum absolute atomic E-state index is 0.0913. The molecule has 1 aliphatic heterocycles. The fourth-order valence-corrected chi connectivity index (χ4v) is 5.71. The Bertz CT molecular complexity index is 1800. The summed E-state index contributed by atoms with van der Waals surface area (Å²) in [5.41, 5.74) is 2.60. The molecule has 0 aromatic carbocycles. The molecule has 2 N–H and O–H groups in total. The highest BCUT2D eigenvalue weighted by atomic mass is 16.6. The van der Waals surface area contributed by atoms with E-state index in [2.05, 4.69) is 29.2 Å². The first-order valence-electron chi connectivity index (χ1n) is 16.5. The highest BCUT2D eigenvalue weighted by Crippen LogP contribution is 2.29. The van der Waals surface area contributed by atoms with Crippen molar-refractivity contribution in [3.8, 4) is 0 Å². The zero-order chi connectivity index (χ0) is 35.1. The van der Waals surface area contributed by atoms with Crippen LogP contribution in [0.25, 0.3) is 11.4 Å². The standard InChI is InChI=1S/C34H49N9O5/c1-20(2)25-16-36-43-28(42(32(46)48-34(8,9)10)18-24-17-41-22(4)13-21(3)37-30(41)38-24)14-27(39-29(25)43)35-15-23-11-12-40(19-26(23)44)31(45)47-33(5,6)7/h13-14,16-17,20,23,26,44H,11-12,15,18-19H2,1-10H3,(H,35,39)/t23-,26+/m1/s1. The molecule has 5 heterocycles. The fraction of sp³-hybridized carbons (Fsp3) is 0.588. The molecule has 1 aliphatic rings. The van der Waals surface area contributed by atoms with Gasteiger partial charge >= 0.3 is 12.2 Å². The summed E-state index contributed by atoms with van der Waals surface area (Å²) in [5, 5.41) is 19.1. The van der Waals surface area contributed by atoms with Crippen LogP contribution in [0.3, 0.4) is 0 Å². The third-order valence-corrected chi connectivity index (χ3v) is 8.04. The van der Waals surface area contributed by atoms with Crippen LogP contribution in [0.1, 0.15) is 90.4 Å². The maximum absolute atomic E-state index is 13.9. The zero-order valence-corrected chi connectivity index (χ0v) is 29.7. The second-order valence-corrected chi connectivity index (χ2v) is 14.9. The van der Waals surface area contributed by atoms with Crippen LogP contribution in [-0.2, 0) is 16.0 Å². The van der Waals surface area contributed by atoms with Gasteiger partial charge in [-0.05, 0) is 73.8 Å². The lowest BCUT2D eigenvalue weighted by atomic mass is 9.94. The number of carbonyl (C=O) groups excluding carboxylic acids is 2. The van der Waals surface area contributed by atoms with Crippen LogP contribution >= 0.6 is 0 Å². The lowest BCUT2D eigenvalue weighted by Gasteiger charge is -2.36. The third-order valence-electron chi connectivity index (χ3n) is 8.04. The second kappa shape index (κ2) is 13.2. The van der Waals surface area contributed by atoms with Gasteiger partial charge in [0.2, 0.25) is 5.78 Å². The first kappa shape index (κ1) is 34.9. The first-order chi connectivity index (χ1) is 22.4. The number of carbonyl (C=O) groups is 2. The smallest absolute Gasteiger partial charge is 0.416 e. The quantitative estimate of drug-likeness (QED) is 0.260. The molecule has 0 unspecified atom stereocenters. The molecule has 48 heavy (non-hydrogen) atoms. The van der Waals surface area contributed by atoms with Gasteiger partial charge in [-0.15, -0.1) is 0 Å². The van der Waals surface area contributed by atoms with Crippen molar-refractivity contribution in [2.45, 2.75) is 105 Å². The van der Waals surface area contributed by atoms with Crippen molar-refractivity contribution in [1.29, 1.82) is 0 Å². The van der Waals surface area contributed by atoms with E-state index in [4.69, 9.17) is 19.4 Å². The molecule has 2 atom stereocenters. The van der Waals surface area contributed by atoms with Gasteiger partial charge < -0.3 is 24.8 Å². The number of fused-ring (bicyclic) bond motifs is 2. The van der Waals surface area contributed by atoms with Gasteiger partial charge in [0, 0.05) is 48.2 Å². The van der Waals surface area contributed by atoms with Crippen LogP contribution in [0.4, 0.5) is 21.2 Å². The summed E-state index contributed by atoms with van der Waals surface area (Å²) >= 11 is 0. The van der Waals surface area contributed by atoms with Crippen molar-refractivity contribution in [2.24, 2.45) is 5.92 Å². The normalized spacial score (nSPS) is 17.3. The monoisotopic (exact) mass is 663 g/mol. The number of aliphatic hydroxyl groups excluding tert-OH is 1. The number of rotatable bonds is 7. The van der Waals surface area contributed by atoms with E-state index < -0.39 is 29.5 Å². The van der Waals surface area contributed by atoms with E-state index in [-0.39, 0.29) is 24.9 Å². The summed E-state index contributed by atoms with van der Waals surface area (Å²) in [7, 11) is 0. The summed E-state index contributed by atoms with van der Waals surface area (Å²) in [4.78, 5) is 43.8. The van der Waals surface area contributed by atoms with E-state index in [9.17, 15) is 14.7 Å². The largest absolute Gasteiger partial charge is 0.444 e. The SMILES string of the molecule is Cc1cc(C)n2cc(CN(C(=O)OC(C)(C)C)c3cc(NC[C@H]4CCN(C(=O)OC(C)(C)C)C[C@@H]4O)nc4c(C(C)C)cnn34)nc2n1. The number of amides is 2. The minimum Gasteiger partial charge on any atom is -0.444 e. The Labute approximate surface area is 281 Å². The Kier molecular flexibility index (Phi) is 9.60. The molecular formula is C34H49N9O5. The number of piperidine rings is 1. The number of likely N-dealkylation sites (tertiary alicyclic amines) is 1. The Morgan fingerprint density at radius 3 is 2.42 bits per heavy atom. The van der Waals surface area contributed by atoms with Crippen LogP contribution in [0, 0.1) is 19.8 Å². The number of nitrogens with one attached hydrogen (secondary N) is 1. The van der Waals surface area contributed by atoms with E-state index in [1.807, 2.05) is 72.1 Å². The molecule has 14 heteroatoms. The number of aryl methyl sites for hydroxylation is 2. The molecule has 0 saturated carbocycles. The molecule has 1 saturated heterocycles. The summed E-state index contributed by atoms with van der Waals surface area (Å²) in [6, 6.07) is 3.74. The van der Waals surface area contributed by atoms with E-state index >= 15 is 0 Å². The molecule has 260 valence electrons. The van der Waals surface area contributed by atoms with Gasteiger partial charge in [0.05, 0.1) is 31.1 Å². The Balaban J connectivity index is 1.47. The summed E-state index contributed by atoms with van der Waals surface area (Å²) in [5.74, 6) is 1.48. The number of aliphatic hydroxyl groups is 1. The van der Waals surface area contributed by atoms with Crippen LogP contribution < -0.4 is 10.2 Å². The minimum atomic E-state index is -0.756. The van der Waals surface area contributed by atoms with Crippen LogP contribution in [0.5, 0.6) is 0 Å². The zero-order valence-electron chi connectivity index (χ0n) is 29.7. The van der Waals surface area contributed by atoms with Crippen molar-refractivity contribution in [3.05, 3.63) is 47.2 Å². The Hall–Kier alpha value is -4.46. The molecule has 0 spiro atoms. The van der Waals surface area contributed by atoms with Gasteiger partial charge in [0.1, 0.15) is 22.8 Å². The third kappa shape index (κ3) is 7.97. The predicted molar refractivity (Wildman–Crippen MR) is 182 cm³/mol. The van der Waals surface area contributed by atoms with Crippen LogP contribution in [-0.4, -0.2) is 88.1 Å². The molecular weight excluding hydrogens is 614 g/mol. The second-order valence-electron chi connectivity index (χ2n) is 14.9. The molecule has 1 fully saturated rings. The average Bonchev–Trinajstić information content (AvgIpc) is 3.57. The summed E-state index contributed by atoms with van der Waals surface area (Å²) < 4.78 is 14.9. The molecule has 0 aliphatic carbocycles. The van der Waals surface area contributed by atoms with Crippen molar-refractivity contribution in [2.75, 3.05) is 29.9 Å². The summed E-state index contributed by atoms with van der Waals surface area (Å²) in [6.07, 6.45) is 2.48. The van der Waals surface area contributed by atoms with Gasteiger partial charge in [-0.3, -0.25) is 9.30 Å². The molecule has 0 radical (unpaired) electrons. The van der Waals surface area contributed by atoms with E-state index in [1.165, 1.54) is 4.90 Å². The van der Waals surface area contributed by atoms with Crippen molar-refractivity contribution in [1.82, 2.24) is 33.9 Å². The highest BCUT2D eigenvalue weighted by Gasteiger charge is 2.33. The number of anilines is 2. The van der Waals surface area contributed by atoms with Crippen LogP contribution in [0.15, 0.2) is 24.5 Å². The predicted octanol–water partition coefficient (Wildman–Crippen LogP) is 5.48.